The van der Waals surface area contributed by atoms with E-state index in [2.05, 4.69) is 15.3 Å². The first kappa shape index (κ1) is 13.7. The molecule has 0 unspecified atom stereocenters. The van der Waals surface area contributed by atoms with Crippen LogP contribution in [-0.4, -0.2) is 14.9 Å². The van der Waals surface area contributed by atoms with Crippen molar-refractivity contribution < 1.29 is 4.92 Å². The van der Waals surface area contributed by atoms with E-state index in [1.165, 1.54) is 6.92 Å². The largest absolute Gasteiger partial charge is 0.334 e. The summed E-state index contributed by atoms with van der Waals surface area (Å²) in [5.74, 6) is 0.0113. The summed E-state index contributed by atoms with van der Waals surface area (Å²) in [6.07, 6.45) is 0. The Balaban J connectivity index is 2.42. The minimum Gasteiger partial charge on any atom is -0.334 e. The maximum atomic E-state index is 11.0. The number of halogens is 1. The number of hydrogen-bond acceptors (Lipinski definition) is 6. The maximum absolute atomic E-state index is 11.0. The number of nitrogens with zero attached hydrogens (tertiary/aromatic N) is 4. The van der Waals surface area contributed by atoms with Crippen molar-refractivity contribution in [3.05, 3.63) is 50.9 Å². The molecule has 0 aliphatic heterocycles. The first-order valence-electron chi connectivity index (χ1n) is 5.47. The van der Waals surface area contributed by atoms with Crippen LogP contribution in [0.25, 0.3) is 0 Å². The Morgan fingerprint density at radius 3 is 2.55 bits per heavy atom. The highest BCUT2D eigenvalue weighted by Crippen LogP contribution is 2.29. The average molecular weight is 290 g/mol. The summed E-state index contributed by atoms with van der Waals surface area (Å²) >= 11 is 5.71. The third-order valence-corrected chi connectivity index (χ3v) is 2.66. The molecule has 8 heteroatoms. The molecular formula is C12H8ClN5O2. The van der Waals surface area contributed by atoms with Gasteiger partial charge in [0.1, 0.15) is 5.69 Å². The summed E-state index contributed by atoms with van der Waals surface area (Å²) in [5.41, 5.74) is 0.980. The van der Waals surface area contributed by atoms with Crippen LogP contribution < -0.4 is 5.32 Å². The Labute approximate surface area is 119 Å². The minimum atomic E-state index is -0.572. The van der Waals surface area contributed by atoms with E-state index < -0.39 is 4.92 Å². The van der Waals surface area contributed by atoms with Gasteiger partial charge < -0.3 is 5.32 Å². The molecule has 0 bridgehead atoms. The first-order valence-corrected chi connectivity index (χ1v) is 5.85. The highest BCUT2D eigenvalue weighted by molar-refractivity contribution is 6.28. The van der Waals surface area contributed by atoms with Gasteiger partial charge in [-0.25, -0.2) is 4.98 Å². The number of rotatable bonds is 3. The Bertz CT molecular complexity index is 709. The van der Waals surface area contributed by atoms with E-state index in [0.717, 1.165) is 0 Å². The third-order valence-electron chi connectivity index (χ3n) is 2.49. The van der Waals surface area contributed by atoms with Crippen LogP contribution in [0.3, 0.4) is 0 Å². The lowest BCUT2D eigenvalue weighted by molar-refractivity contribution is -0.385. The Morgan fingerprint density at radius 1 is 1.35 bits per heavy atom. The van der Waals surface area contributed by atoms with Gasteiger partial charge in [0.15, 0.2) is 0 Å². The number of nitriles is 1. The minimum absolute atomic E-state index is 0.0113. The van der Waals surface area contributed by atoms with Crippen molar-refractivity contribution in [2.75, 3.05) is 5.32 Å². The molecule has 0 radical (unpaired) electrons. The van der Waals surface area contributed by atoms with Gasteiger partial charge in [-0.1, -0.05) is 0 Å². The molecule has 0 saturated carbocycles. The highest BCUT2D eigenvalue weighted by Gasteiger charge is 2.21. The number of benzene rings is 1. The third kappa shape index (κ3) is 2.81. The van der Waals surface area contributed by atoms with Crippen LogP contribution in [0.1, 0.15) is 11.3 Å². The second-order valence-electron chi connectivity index (χ2n) is 3.85. The smallest absolute Gasteiger partial charge is 0.332 e. The van der Waals surface area contributed by atoms with Crippen LogP contribution in [0.4, 0.5) is 17.2 Å². The first-order chi connectivity index (χ1) is 9.51. The number of hydrogen-bond donors (Lipinski definition) is 1. The lowest BCUT2D eigenvalue weighted by Gasteiger charge is -2.07. The van der Waals surface area contributed by atoms with E-state index in [4.69, 9.17) is 16.9 Å². The quantitative estimate of drug-likeness (QED) is 0.529. The molecular weight excluding hydrogens is 282 g/mol. The molecule has 0 saturated heterocycles. The average Bonchev–Trinajstić information content (AvgIpc) is 2.38. The fraction of sp³-hybridized carbons (Fsp3) is 0.0833. The van der Waals surface area contributed by atoms with Crippen molar-refractivity contribution in [2.24, 2.45) is 0 Å². The zero-order valence-electron chi connectivity index (χ0n) is 10.3. The molecule has 0 aliphatic carbocycles. The zero-order valence-corrected chi connectivity index (χ0v) is 11.0. The number of anilines is 2. The van der Waals surface area contributed by atoms with Crippen LogP contribution in [0.5, 0.6) is 0 Å². The lowest BCUT2D eigenvalue weighted by atomic mass is 10.2. The van der Waals surface area contributed by atoms with Gasteiger partial charge in [0, 0.05) is 5.69 Å². The summed E-state index contributed by atoms with van der Waals surface area (Å²) in [6, 6.07) is 8.39. The zero-order chi connectivity index (χ0) is 14.7. The van der Waals surface area contributed by atoms with Gasteiger partial charge in [-0.2, -0.15) is 10.2 Å². The van der Waals surface area contributed by atoms with E-state index in [1.54, 1.807) is 24.3 Å². The second-order valence-corrected chi connectivity index (χ2v) is 4.18. The monoisotopic (exact) mass is 289 g/mol. The maximum Gasteiger partial charge on any atom is 0.332 e. The molecule has 1 N–H and O–H groups in total. The van der Waals surface area contributed by atoms with Crippen molar-refractivity contribution in [2.45, 2.75) is 6.92 Å². The van der Waals surface area contributed by atoms with Crippen molar-refractivity contribution in [1.82, 2.24) is 9.97 Å². The fourth-order valence-corrected chi connectivity index (χ4v) is 1.81. The van der Waals surface area contributed by atoms with Crippen molar-refractivity contribution in [3.8, 4) is 6.07 Å². The Hall–Kier alpha value is -2.72. The Morgan fingerprint density at radius 2 is 2.00 bits per heavy atom. The summed E-state index contributed by atoms with van der Waals surface area (Å²) in [7, 11) is 0. The standard InChI is InChI=1S/C12H8ClN5O2/c1-7-10(18(19)20)11(17-12(13)15-7)16-9-4-2-8(6-14)3-5-9/h2-5H,1H3,(H,15,16,17). The molecule has 100 valence electrons. The lowest BCUT2D eigenvalue weighted by Crippen LogP contribution is -2.04. The van der Waals surface area contributed by atoms with Crippen LogP contribution in [0.15, 0.2) is 24.3 Å². The molecule has 0 amide bonds. The van der Waals surface area contributed by atoms with E-state index >= 15 is 0 Å². The molecule has 1 aromatic carbocycles. The van der Waals surface area contributed by atoms with Gasteiger partial charge in [-0.3, -0.25) is 10.1 Å². The molecule has 0 aliphatic rings. The highest BCUT2D eigenvalue weighted by atomic mass is 35.5. The van der Waals surface area contributed by atoms with Gasteiger partial charge >= 0.3 is 5.69 Å². The predicted molar refractivity (Wildman–Crippen MR) is 72.9 cm³/mol. The van der Waals surface area contributed by atoms with Gasteiger partial charge in [0.25, 0.3) is 0 Å². The van der Waals surface area contributed by atoms with Gasteiger partial charge in [0.05, 0.1) is 16.6 Å². The van der Waals surface area contributed by atoms with E-state index in [1.807, 2.05) is 6.07 Å². The number of aromatic nitrogens is 2. The molecule has 1 aromatic heterocycles. The molecule has 0 spiro atoms. The molecule has 2 rings (SSSR count). The second kappa shape index (κ2) is 5.50. The van der Waals surface area contributed by atoms with Crippen LogP contribution >= 0.6 is 11.6 Å². The van der Waals surface area contributed by atoms with Crippen molar-refractivity contribution in [1.29, 1.82) is 5.26 Å². The van der Waals surface area contributed by atoms with E-state index in [9.17, 15) is 10.1 Å². The van der Waals surface area contributed by atoms with Crippen molar-refractivity contribution in [3.63, 3.8) is 0 Å². The van der Waals surface area contributed by atoms with E-state index in [0.29, 0.717) is 11.3 Å². The van der Waals surface area contributed by atoms with Crippen LogP contribution in [-0.2, 0) is 0 Å². The summed E-state index contributed by atoms with van der Waals surface area (Å²) in [6.45, 7) is 1.48. The molecule has 2 aromatic rings. The van der Waals surface area contributed by atoms with Crippen molar-refractivity contribution >= 4 is 28.8 Å². The number of nitrogens with one attached hydrogen (secondary N) is 1. The molecule has 0 fully saturated rings. The van der Waals surface area contributed by atoms with Crippen LogP contribution in [0.2, 0.25) is 5.28 Å². The van der Waals surface area contributed by atoms with Gasteiger partial charge in [0.2, 0.25) is 11.1 Å². The molecule has 7 nitrogen and oxygen atoms in total. The molecule has 1 heterocycles. The topological polar surface area (TPSA) is 105 Å². The summed E-state index contributed by atoms with van der Waals surface area (Å²) < 4.78 is 0. The fourth-order valence-electron chi connectivity index (χ4n) is 1.60. The molecule has 20 heavy (non-hydrogen) atoms. The van der Waals surface area contributed by atoms with Gasteiger partial charge in [-0.15, -0.1) is 0 Å². The normalized spacial score (nSPS) is 9.85. The predicted octanol–water partition coefficient (Wildman–Crippen LogP) is 2.96. The summed E-state index contributed by atoms with van der Waals surface area (Å²) in [5, 5.41) is 22.5. The van der Waals surface area contributed by atoms with E-state index in [-0.39, 0.29) is 22.5 Å². The summed E-state index contributed by atoms with van der Waals surface area (Å²) in [4.78, 5) is 18.1. The Kier molecular flexibility index (Phi) is 3.77. The number of aryl methyl sites for hydroxylation is 1. The van der Waals surface area contributed by atoms with Gasteiger partial charge in [-0.05, 0) is 42.8 Å². The molecule has 0 atom stereocenters. The number of nitro groups is 1. The van der Waals surface area contributed by atoms with Crippen LogP contribution in [0, 0.1) is 28.4 Å². The SMILES string of the molecule is Cc1nc(Cl)nc(Nc2ccc(C#N)cc2)c1[N+](=O)[O-].